The van der Waals surface area contributed by atoms with Crippen LogP contribution in [0.15, 0.2) is 33.9 Å². The van der Waals surface area contributed by atoms with Crippen LogP contribution in [0.4, 0.5) is 0 Å². The Morgan fingerprint density at radius 1 is 1.15 bits per heavy atom. The van der Waals surface area contributed by atoms with Crippen molar-refractivity contribution in [2.45, 2.75) is 37.8 Å². The molecular weight excluding hydrogens is 370 g/mol. The summed E-state index contributed by atoms with van der Waals surface area (Å²) < 4.78 is 32.6. The normalized spacial score (nSPS) is 16.6. The number of piperidine rings is 1. The number of benzene rings is 1. The van der Waals surface area contributed by atoms with E-state index in [2.05, 4.69) is 0 Å². The van der Waals surface area contributed by atoms with Crippen LogP contribution >= 0.6 is 11.3 Å². The summed E-state index contributed by atoms with van der Waals surface area (Å²) in [7, 11) is -3.45. The predicted molar refractivity (Wildman–Crippen MR) is 102 cm³/mol. The standard InChI is InChI=1S/C19H23NO4S2/c1-13-11-14(2)18(15(3)12-13)24-19(21)16-6-8-20(9-7-16)26(22,23)17-5-4-10-25-17/h4-5,10-12,16H,6-9H2,1-3H3. The van der Waals surface area contributed by atoms with Crippen LogP contribution < -0.4 is 4.74 Å². The minimum Gasteiger partial charge on any atom is -0.426 e. The molecule has 3 rings (SSSR count). The van der Waals surface area contributed by atoms with Gasteiger partial charge < -0.3 is 4.74 Å². The fourth-order valence-corrected chi connectivity index (χ4v) is 6.00. The van der Waals surface area contributed by atoms with Gasteiger partial charge in [0.05, 0.1) is 5.92 Å². The quantitative estimate of drug-likeness (QED) is 0.587. The van der Waals surface area contributed by atoms with Crippen LogP contribution in [-0.4, -0.2) is 31.8 Å². The highest BCUT2D eigenvalue weighted by molar-refractivity contribution is 7.91. The largest absolute Gasteiger partial charge is 0.426 e. The summed E-state index contributed by atoms with van der Waals surface area (Å²) >= 11 is 1.22. The Morgan fingerprint density at radius 3 is 2.31 bits per heavy atom. The summed E-state index contributed by atoms with van der Waals surface area (Å²) in [5.74, 6) is 0.0763. The minimum absolute atomic E-state index is 0.270. The molecule has 0 N–H and O–H groups in total. The molecule has 0 unspecified atom stereocenters. The van der Waals surface area contributed by atoms with Crippen molar-refractivity contribution in [3.8, 4) is 5.75 Å². The Morgan fingerprint density at radius 2 is 1.77 bits per heavy atom. The fraction of sp³-hybridized carbons (Fsp3) is 0.421. The van der Waals surface area contributed by atoms with Crippen LogP contribution in [-0.2, 0) is 14.8 Å². The van der Waals surface area contributed by atoms with Crippen LogP contribution in [0.2, 0.25) is 0 Å². The molecule has 1 aliphatic heterocycles. The first-order valence-corrected chi connectivity index (χ1v) is 10.9. The molecule has 1 aromatic carbocycles. The second kappa shape index (κ2) is 7.50. The van der Waals surface area contributed by atoms with Crippen molar-refractivity contribution in [1.82, 2.24) is 4.31 Å². The Balaban J connectivity index is 1.64. The summed E-state index contributed by atoms with van der Waals surface area (Å²) in [6, 6.07) is 7.33. The number of esters is 1. The number of carbonyl (C=O) groups excluding carboxylic acids is 1. The van der Waals surface area contributed by atoms with E-state index in [1.165, 1.54) is 15.6 Å². The molecule has 0 saturated carbocycles. The maximum atomic E-state index is 12.6. The van der Waals surface area contributed by atoms with E-state index < -0.39 is 10.0 Å². The lowest BCUT2D eigenvalue weighted by Gasteiger charge is -2.29. The molecule has 2 aromatic rings. The third-order valence-electron chi connectivity index (χ3n) is 4.68. The molecule has 26 heavy (non-hydrogen) atoms. The number of aryl methyl sites for hydroxylation is 3. The molecule has 1 fully saturated rings. The topological polar surface area (TPSA) is 63.7 Å². The molecule has 140 valence electrons. The smallest absolute Gasteiger partial charge is 0.314 e. The van der Waals surface area contributed by atoms with E-state index in [0.717, 1.165) is 16.7 Å². The van der Waals surface area contributed by atoms with Crippen molar-refractivity contribution < 1.29 is 17.9 Å². The Labute approximate surface area is 158 Å². The Bertz CT molecular complexity index is 873. The van der Waals surface area contributed by atoms with Gasteiger partial charge in [-0.3, -0.25) is 4.79 Å². The molecule has 2 heterocycles. The van der Waals surface area contributed by atoms with E-state index in [1.807, 2.05) is 32.9 Å². The van der Waals surface area contributed by atoms with E-state index >= 15 is 0 Å². The van der Waals surface area contributed by atoms with E-state index in [-0.39, 0.29) is 11.9 Å². The highest BCUT2D eigenvalue weighted by Gasteiger charge is 2.33. The van der Waals surface area contributed by atoms with Crippen molar-refractivity contribution >= 4 is 27.3 Å². The van der Waals surface area contributed by atoms with Crippen LogP contribution in [0.3, 0.4) is 0 Å². The maximum absolute atomic E-state index is 12.6. The number of hydrogen-bond donors (Lipinski definition) is 0. The Kier molecular flexibility index (Phi) is 5.50. The molecule has 7 heteroatoms. The monoisotopic (exact) mass is 393 g/mol. The van der Waals surface area contributed by atoms with Gasteiger partial charge in [0.1, 0.15) is 9.96 Å². The van der Waals surface area contributed by atoms with Crippen LogP contribution in [0.1, 0.15) is 29.5 Å². The van der Waals surface area contributed by atoms with Crippen molar-refractivity contribution in [2.24, 2.45) is 5.92 Å². The molecule has 1 aliphatic rings. The summed E-state index contributed by atoms with van der Waals surface area (Å²) in [5.41, 5.74) is 3.01. The first-order chi connectivity index (χ1) is 12.3. The number of thiophene rings is 1. The highest BCUT2D eigenvalue weighted by atomic mass is 32.2. The van der Waals surface area contributed by atoms with Crippen molar-refractivity contribution in [1.29, 1.82) is 0 Å². The zero-order valence-electron chi connectivity index (χ0n) is 15.2. The summed E-state index contributed by atoms with van der Waals surface area (Å²) in [4.78, 5) is 12.6. The highest BCUT2D eigenvalue weighted by Crippen LogP contribution is 2.29. The molecule has 1 aromatic heterocycles. The van der Waals surface area contributed by atoms with Crippen molar-refractivity contribution in [2.75, 3.05) is 13.1 Å². The molecular formula is C19H23NO4S2. The predicted octanol–water partition coefficient (Wildman–Crippen LogP) is 3.68. The lowest BCUT2D eigenvalue weighted by molar-refractivity contribution is -0.140. The molecule has 0 aliphatic carbocycles. The summed E-state index contributed by atoms with van der Waals surface area (Å²) in [6.07, 6.45) is 0.959. The third-order valence-corrected chi connectivity index (χ3v) is 7.96. The number of rotatable bonds is 4. The van der Waals surface area contributed by atoms with Gasteiger partial charge in [-0.2, -0.15) is 4.31 Å². The molecule has 0 radical (unpaired) electrons. The number of ether oxygens (including phenoxy) is 1. The summed E-state index contributed by atoms with van der Waals surface area (Å²) in [5, 5.41) is 1.75. The van der Waals surface area contributed by atoms with Crippen LogP contribution in [0, 0.1) is 26.7 Å². The van der Waals surface area contributed by atoms with Crippen LogP contribution in [0.5, 0.6) is 5.75 Å². The van der Waals surface area contributed by atoms with Gasteiger partial charge >= 0.3 is 5.97 Å². The van der Waals surface area contributed by atoms with Gasteiger partial charge in [-0.05, 0) is 56.2 Å². The number of sulfonamides is 1. The van der Waals surface area contributed by atoms with Gasteiger partial charge in [0.2, 0.25) is 0 Å². The second-order valence-corrected chi connectivity index (χ2v) is 9.87. The van der Waals surface area contributed by atoms with Gasteiger partial charge in [0, 0.05) is 13.1 Å². The average molecular weight is 394 g/mol. The number of hydrogen-bond acceptors (Lipinski definition) is 5. The van der Waals surface area contributed by atoms with Crippen LogP contribution in [0.25, 0.3) is 0 Å². The third kappa shape index (κ3) is 3.84. The van der Waals surface area contributed by atoms with Gasteiger partial charge in [-0.25, -0.2) is 8.42 Å². The van der Waals surface area contributed by atoms with E-state index in [4.69, 9.17) is 4.74 Å². The molecule has 5 nitrogen and oxygen atoms in total. The molecule has 0 atom stereocenters. The van der Waals surface area contributed by atoms with Crippen molar-refractivity contribution in [3.63, 3.8) is 0 Å². The molecule has 0 bridgehead atoms. The average Bonchev–Trinajstić information content (AvgIpc) is 3.13. The SMILES string of the molecule is Cc1cc(C)c(OC(=O)C2CCN(S(=O)(=O)c3cccs3)CC2)c(C)c1. The first kappa shape index (κ1) is 19.1. The molecule has 1 saturated heterocycles. The lowest BCUT2D eigenvalue weighted by atomic mass is 9.98. The van der Waals surface area contributed by atoms with Gasteiger partial charge in [-0.1, -0.05) is 23.8 Å². The zero-order chi connectivity index (χ0) is 18.9. The summed E-state index contributed by atoms with van der Waals surface area (Å²) in [6.45, 7) is 6.55. The zero-order valence-corrected chi connectivity index (χ0v) is 16.8. The first-order valence-electron chi connectivity index (χ1n) is 8.62. The fourth-order valence-electron chi connectivity index (χ4n) is 3.38. The minimum atomic E-state index is -3.45. The molecule has 0 amide bonds. The van der Waals surface area contributed by atoms with E-state index in [9.17, 15) is 13.2 Å². The van der Waals surface area contributed by atoms with E-state index in [0.29, 0.717) is 35.9 Å². The number of nitrogens with zero attached hydrogens (tertiary/aromatic N) is 1. The van der Waals surface area contributed by atoms with E-state index in [1.54, 1.807) is 17.5 Å². The molecule has 0 spiro atoms. The number of carbonyl (C=O) groups is 1. The van der Waals surface area contributed by atoms with Crippen molar-refractivity contribution in [3.05, 3.63) is 46.3 Å². The van der Waals surface area contributed by atoms with Gasteiger partial charge in [0.25, 0.3) is 10.0 Å². The Hall–Kier alpha value is -1.70. The van der Waals surface area contributed by atoms with Gasteiger partial charge in [0.15, 0.2) is 0 Å². The lowest BCUT2D eigenvalue weighted by Crippen LogP contribution is -2.40. The maximum Gasteiger partial charge on any atom is 0.314 e. The second-order valence-electron chi connectivity index (χ2n) is 6.76. The van der Waals surface area contributed by atoms with Gasteiger partial charge in [-0.15, -0.1) is 11.3 Å².